The van der Waals surface area contributed by atoms with Crippen molar-refractivity contribution in [3.05, 3.63) is 29.8 Å². The van der Waals surface area contributed by atoms with Gasteiger partial charge in [0.1, 0.15) is 0 Å². The van der Waals surface area contributed by atoms with Crippen LogP contribution >= 0.6 is 11.8 Å². The SMILES string of the molecule is CNc1ccccc1CCSC. The lowest BCUT2D eigenvalue weighted by Crippen LogP contribution is -1.96. The largest absolute Gasteiger partial charge is 0.388 e. The third-order valence-electron chi connectivity index (χ3n) is 1.86. The first-order chi connectivity index (χ1) is 5.88. The molecule has 0 fully saturated rings. The molecule has 0 aromatic heterocycles. The summed E-state index contributed by atoms with van der Waals surface area (Å²) in [5.74, 6) is 1.19. The van der Waals surface area contributed by atoms with Gasteiger partial charge in [-0.15, -0.1) is 0 Å². The molecule has 1 nitrogen and oxygen atoms in total. The predicted octanol–water partition coefficient (Wildman–Crippen LogP) is 2.63. The molecule has 1 rings (SSSR count). The third kappa shape index (κ3) is 2.45. The van der Waals surface area contributed by atoms with Crippen LogP contribution in [0.1, 0.15) is 5.56 Å². The van der Waals surface area contributed by atoms with Gasteiger partial charge in [0.2, 0.25) is 0 Å². The van der Waals surface area contributed by atoms with Gasteiger partial charge in [-0.3, -0.25) is 0 Å². The second-order valence-electron chi connectivity index (χ2n) is 2.65. The van der Waals surface area contributed by atoms with Crippen LogP contribution in [-0.2, 0) is 6.42 Å². The number of rotatable bonds is 4. The molecular formula is C10H15NS. The van der Waals surface area contributed by atoms with Gasteiger partial charge in [-0.05, 0) is 30.1 Å². The van der Waals surface area contributed by atoms with E-state index >= 15 is 0 Å². The summed E-state index contributed by atoms with van der Waals surface area (Å²) in [6.45, 7) is 0. The van der Waals surface area contributed by atoms with E-state index in [9.17, 15) is 0 Å². The standard InChI is InChI=1S/C10H15NS/c1-11-10-6-4-3-5-9(10)7-8-12-2/h3-6,11H,7-8H2,1-2H3. The van der Waals surface area contributed by atoms with Crippen LogP contribution < -0.4 is 5.32 Å². The van der Waals surface area contributed by atoms with Gasteiger partial charge in [0.05, 0.1) is 0 Å². The Labute approximate surface area is 78.6 Å². The second-order valence-corrected chi connectivity index (χ2v) is 3.64. The minimum atomic E-state index is 1.15. The average Bonchev–Trinajstić information content (AvgIpc) is 2.15. The second kappa shape index (κ2) is 5.09. The van der Waals surface area contributed by atoms with E-state index in [1.165, 1.54) is 17.0 Å². The lowest BCUT2D eigenvalue weighted by atomic mass is 10.1. The van der Waals surface area contributed by atoms with Gasteiger partial charge in [0, 0.05) is 12.7 Å². The minimum Gasteiger partial charge on any atom is -0.388 e. The molecule has 0 atom stereocenters. The molecule has 66 valence electrons. The molecule has 12 heavy (non-hydrogen) atoms. The van der Waals surface area contributed by atoms with Crippen molar-refractivity contribution in [2.75, 3.05) is 24.4 Å². The van der Waals surface area contributed by atoms with Crippen molar-refractivity contribution >= 4 is 17.4 Å². The van der Waals surface area contributed by atoms with Crippen LogP contribution in [0.5, 0.6) is 0 Å². The molecular weight excluding hydrogens is 166 g/mol. The molecule has 0 amide bonds. The van der Waals surface area contributed by atoms with E-state index in [1.54, 1.807) is 0 Å². The summed E-state index contributed by atoms with van der Waals surface area (Å²) in [6.07, 6.45) is 3.29. The number of anilines is 1. The molecule has 1 aromatic carbocycles. The minimum absolute atomic E-state index is 1.15. The Morgan fingerprint density at radius 2 is 2.08 bits per heavy atom. The van der Waals surface area contributed by atoms with E-state index < -0.39 is 0 Å². The Bertz CT molecular complexity index is 235. The zero-order valence-electron chi connectivity index (χ0n) is 7.63. The maximum Gasteiger partial charge on any atom is 0.0370 e. The molecule has 0 bridgehead atoms. The molecule has 0 heterocycles. The van der Waals surface area contributed by atoms with Gasteiger partial charge in [0.15, 0.2) is 0 Å². The Morgan fingerprint density at radius 3 is 2.75 bits per heavy atom. The van der Waals surface area contributed by atoms with E-state index in [1.807, 2.05) is 18.8 Å². The summed E-state index contributed by atoms with van der Waals surface area (Å²) in [6, 6.07) is 8.46. The Balaban J connectivity index is 2.68. The van der Waals surface area contributed by atoms with Crippen LogP contribution in [-0.4, -0.2) is 19.1 Å². The molecule has 0 radical (unpaired) electrons. The zero-order chi connectivity index (χ0) is 8.81. The van der Waals surface area contributed by atoms with E-state index in [0.717, 1.165) is 6.42 Å². The average molecular weight is 181 g/mol. The number of para-hydroxylation sites is 1. The fourth-order valence-electron chi connectivity index (χ4n) is 1.19. The van der Waals surface area contributed by atoms with Crippen molar-refractivity contribution in [3.8, 4) is 0 Å². The van der Waals surface area contributed by atoms with E-state index in [0.29, 0.717) is 0 Å². The highest BCUT2D eigenvalue weighted by Crippen LogP contribution is 2.15. The Morgan fingerprint density at radius 1 is 1.33 bits per heavy atom. The smallest absolute Gasteiger partial charge is 0.0370 e. The Kier molecular flexibility index (Phi) is 4.01. The first kappa shape index (κ1) is 9.46. The van der Waals surface area contributed by atoms with Gasteiger partial charge in [-0.25, -0.2) is 0 Å². The van der Waals surface area contributed by atoms with E-state index in [-0.39, 0.29) is 0 Å². The van der Waals surface area contributed by atoms with Gasteiger partial charge >= 0.3 is 0 Å². The molecule has 1 N–H and O–H groups in total. The maximum atomic E-state index is 3.20. The fourth-order valence-corrected chi connectivity index (χ4v) is 1.62. The zero-order valence-corrected chi connectivity index (χ0v) is 8.45. The summed E-state index contributed by atoms with van der Waals surface area (Å²) in [4.78, 5) is 0. The fraction of sp³-hybridized carbons (Fsp3) is 0.400. The van der Waals surface area contributed by atoms with Crippen LogP contribution in [0.25, 0.3) is 0 Å². The lowest BCUT2D eigenvalue weighted by molar-refractivity contribution is 1.16. The van der Waals surface area contributed by atoms with Gasteiger partial charge < -0.3 is 5.32 Å². The van der Waals surface area contributed by atoms with E-state index in [4.69, 9.17) is 0 Å². The molecule has 0 aliphatic carbocycles. The molecule has 0 aliphatic heterocycles. The Hall–Kier alpha value is -0.630. The molecule has 0 spiro atoms. The van der Waals surface area contributed by atoms with Crippen molar-refractivity contribution < 1.29 is 0 Å². The van der Waals surface area contributed by atoms with Crippen LogP contribution in [0, 0.1) is 0 Å². The van der Waals surface area contributed by atoms with E-state index in [2.05, 4.69) is 35.8 Å². The monoisotopic (exact) mass is 181 g/mol. The van der Waals surface area contributed by atoms with Crippen LogP contribution in [0.3, 0.4) is 0 Å². The van der Waals surface area contributed by atoms with Crippen LogP contribution in [0.4, 0.5) is 5.69 Å². The molecule has 0 saturated carbocycles. The highest BCUT2D eigenvalue weighted by molar-refractivity contribution is 7.98. The van der Waals surface area contributed by atoms with Gasteiger partial charge in [-0.1, -0.05) is 18.2 Å². The topological polar surface area (TPSA) is 12.0 Å². The van der Waals surface area contributed by atoms with Crippen LogP contribution in [0.2, 0.25) is 0 Å². The number of nitrogens with one attached hydrogen (secondary N) is 1. The number of thioether (sulfide) groups is 1. The van der Waals surface area contributed by atoms with Crippen LogP contribution in [0.15, 0.2) is 24.3 Å². The number of aryl methyl sites for hydroxylation is 1. The van der Waals surface area contributed by atoms with Crippen molar-refractivity contribution in [2.24, 2.45) is 0 Å². The summed E-state index contributed by atoms with van der Waals surface area (Å²) in [7, 11) is 1.97. The predicted molar refractivity (Wildman–Crippen MR) is 58.1 cm³/mol. The summed E-state index contributed by atoms with van der Waals surface area (Å²) in [5.41, 5.74) is 2.67. The van der Waals surface area contributed by atoms with Crippen molar-refractivity contribution in [1.29, 1.82) is 0 Å². The number of hydrogen-bond acceptors (Lipinski definition) is 2. The van der Waals surface area contributed by atoms with Gasteiger partial charge in [0.25, 0.3) is 0 Å². The van der Waals surface area contributed by atoms with Gasteiger partial charge in [-0.2, -0.15) is 11.8 Å². The van der Waals surface area contributed by atoms with Crippen molar-refractivity contribution in [1.82, 2.24) is 0 Å². The summed E-state index contributed by atoms with van der Waals surface area (Å²) < 4.78 is 0. The summed E-state index contributed by atoms with van der Waals surface area (Å²) in [5, 5.41) is 3.20. The molecule has 0 saturated heterocycles. The number of hydrogen-bond donors (Lipinski definition) is 1. The highest BCUT2D eigenvalue weighted by atomic mass is 32.2. The first-order valence-electron chi connectivity index (χ1n) is 4.13. The molecule has 0 unspecified atom stereocenters. The lowest BCUT2D eigenvalue weighted by Gasteiger charge is -2.07. The molecule has 1 aromatic rings. The van der Waals surface area contributed by atoms with Crippen molar-refractivity contribution in [2.45, 2.75) is 6.42 Å². The quantitative estimate of drug-likeness (QED) is 0.766. The molecule has 2 heteroatoms. The molecule has 0 aliphatic rings. The highest BCUT2D eigenvalue weighted by Gasteiger charge is 1.97. The summed E-state index contributed by atoms with van der Waals surface area (Å²) >= 11 is 1.89. The normalized spacial score (nSPS) is 9.83. The first-order valence-corrected chi connectivity index (χ1v) is 5.52. The number of benzene rings is 1. The van der Waals surface area contributed by atoms with Crippen molar-refractivity contribution in [3.63, 3.8) is 0 Å². The maximum absolute atomic E-state index is 3.20. The third-order valence-corrected chi connectivity index (χ3v) is 2.47.